The highest BCUT2D eigenvalue weighted by Crippen LogP contribution is 2.25. The summed E-state index contributed by atoms with van der Waals surface area (Å²) in [6.07, 6.45) is 1.65. The van der Waals surface area contributed by atoms with Crippen molar-refractivity contribution in [3.63, 3.8) is 0 Å². The number of aromatic nitrogens is 1. The molecule has 0 radical (unpaired) electrons. The molecule has 0 saturated heterocycles. The number of hydrogen-bond donors (Lipinski definition) is 1. The van der Waals surface area contributed by atoms with E-state index in [-0.39, 0.29) is 11.2 Å². The van der Waals surface area contributed by atoms with E-state index < -0.39 is 10.8 Å². The maximum Gasteiger partial charge on any atom is 0.254 e. The SMILES string of the molecule is Cc1ccc(C)n1-c1sccc1C(=O)NC[C@H](C)[S@@](C)=O. The summed E-state index contributed by atoms with van der Waals surface area (Å²) >= 11 is 1.55. The maximum atomic E-state index is 12.4. The Labute approximate surface area is 131 Å². The van der Waals surface area contributed by atoms with Crippen molar-refractivity contribution in [2.75, 3.05) is 12.8 Å². The van der Waals surface area contributed by atoms with Gasteiger partial charge in [0.15, 0.2) is 0 Å². The highest BCUT2D eigenvalue weighted by molar-refractivity contribution is 7.84. The summed E-state index contributed by atoms with van der Waals surface area (Å²) in [5, 5.41) is 5.67. The van der Waals surface area contributed by atoms with E-state index in [0.717, 1.165) is 16.4 Å². The van der Waals surface area contributed by atoms with Crippen LogP contribution in [0.2, 0.25) is 0 Å². The van der Waals surface area contributed by atoms with Gasteiger partial charge in [-0.25, -0.2) is 0 Å². The molecule has 114 valence electrons. The molecule has 2 aromatic rings. The van der Waals surface area contributed by atoms with Gasteiger partial charge in [-0.3, -0.25) is 9.00 Å². The third-order valence-corrected chi connectivity index (χ3v) is 5.68. The zero-order chi connectivity index (χ0) is 15.6. The Kier molecular flexibility index (Phi) is 5.00. The van der Waals surface area contributed by atoms with Gasteiger partial charge >= 0.3 is 0 Å². The molecule has 2 heterocycles. The third-order valence-electron chi connectivity index (χ3n) is 3.48. The van der Waals surface area contributed by atoms with Gasteiger partial charge in [0.25, 0.3) is 5.91 Å². The lowest BCUT2D eigenvalue weighted by Crippen LogP contribution is -2.32. The maximum absolute atomic E-state index is 12.4. The summed E-state index contributed by atoms with van der Waals surface area (Å²) in [6, 6.07) is 5.92. The van der Waals surface area contributed by atoms with Crippen LogP contribution < -0.4 is 5.32 Å². The number of thiophene rings is 1. The first-order valence-corrected chi connectivity index (χ1v) is 9.25. The van der Waals surface area contributed by atoms with Crippen LogP contribution in [-0.4, -0.2) is 32.7 Å². The Morgan fingerprint density at radius 3 is 2.52 bits per heavy atom. The van der Waals surface area contributed by atoms with Crippen molar-refractivity contribution in [2.24, 2.45) is 0 Å². The summed E-state index contributed by atoms with van der Waals surface area (Å²) in [7, 11) is -0.933. The molecule has 6 heteroatoms. The second kappa shape index (κ2) is 6.58. The molecule has 0 aliphatic rings. The summed E-state index contributed by atoms with van der Waals surface area (Å²) in [5.74, 6) is -0.115. The summed E-state index contributed by atoms with van der Waals surface area (Å²) in [6.45, 7) is 6.33. The van der Waals surface area contributed by atoms with Crippen molar-refractivity contribution in [1.29, 1.82) is 0 Å². The minimum absolute atomic E-state index is 0.0499. The van der Waals surface area contributed by atoms with Gasteiger partial charge in [0, 0.05) is 40.2 Å². The number of nitrogens with one attached hydrogen (secondary N) is 1. The van der Waals surface area contributed by atoms with E-state index in [0.29, 0.717) is 12.1 Å². The fourth-order valence-electron chi connectivity index (χ4n) is 2.09. The Balaban J connectivity index is 2.21. The van der Waals surface area contributed by atoms with Crippen molar-refractivity contribution >= 4 is 28.0 Å². The molecular weight excluding hydrogens is 304 g/mol. The minimum Gasteiger partial charge on any atom is -0.351 e. The predicted octanol–water partition coefficient (Wildman–Crippen LogP) is 2.65. The number of hydrogen-bond acceptors (Lipinski definition) is 3. The molecule has 4 nitrogen and oxygen atoms in total. The van der Waals surface area contributed by atoms with Crippen LogP contribution in [0, 0.1) is 13.8 Å². The molecule has 0 fully saturated rings. The zero-order valence-corrected chi connectivity index (χ0v) is 14.3. The lowest BCUT2D eigenvalue weighted by atomic mass is 10.3. The lowest BCUT2D eigenvalue weighted by Gasteiger charge is -2.12. The van der Waals surface area contributed by atoms with Crippen LogP contribution in [0.3, 0.4) is 0 Å². The molecule has 1 amide bonds. The van der Waals surface area contributed by atoms with Crippen LogP contribution in [0.4, 0.5) is 0 Å². The molecule has 0 saturated carbocycles. The number of carbonyl (C=O) groups is 1. The smallest absolute Gasteiger partial charge is 0.254 e. The van der Waals surface area contributed by atoms with E-state index in [2.05, 4.69) is 9.88 Å². The monoisotopic (exact) mass is 324 g/mol. The second-order valence-electron chi connectivity index (χ2n) is 5.11. The average Bonchev–Trinajstić information content (AvgIpc) is 3.02. The Bertz CT molecular complexity index is 654. The normalized spacial score (nSPS) is 13.9. The predicted molar refractivity (Wildman–Crippen MR) is 89.0 cm³/mol. The largest absolute Gasteiger partial charge is 0.351 e. The molecular formula is C15H20N2O2S2. The number of rotatable bonds is 5. The van der Waals surface area contributed by atoms with Crippen LogP contribution >= 0.6 is 11.3 Å². The average molecular weight is 324 g/mol. The fourth-order valence-corrected chi connectivity index (χ4v) is 3.42. The Morgan fingerprint density at radius 2 is 1.95 bits per heavy atom. The van der Waals surface area contributed by atoms with Crippen LogP contribution in [0.5, 0.6) is 0 Å². The van der Waals surface area contributed by atoms with Crippen molar-refractivity contribution in [3.8, 4) is 5.00 Å². The van der Waals surface area contributed by atoms with Crippen molar-refractivity contribution in [3.05, 3.63) is 40.5 Å². The quantitative estimate of drug-likeness (QED) is 0.919. The van der Waals surface area contributed by atoms with Gasteiger partial charge in [0.2, 0.25) is 0 Å². The third kappa shape index (κ3) is 3.44. The van der Waals surface area contributed by atoms with Gasteiger partial charge in [-0.15, -0.1) is 11.3 Å². The molecule has 0 bridgehead atoms. The first-order valence-electron chi connectivity index (χ1n) is 6.75. The van der Waals surface area contributed by atoms with E-state index >= 15 is 0 Å². The lowest BCUT2D eigenvalue weighted by molar-refractivity contribution is 0.0954. The Morgan fingerprint density at radius 1 is 1.33 bits per heavy atom. The van der Waals surface area contributed by atoms with Crippen molar-refractivity contribution in [2.45, 2.75) is 26.0 Å². The second-order valence-corrected chi connectivity index (χ2v) is 7.81. The first kappa shape index (κ1) is 16.0. The molecule has 0 aliphatic carbocycles. The number of aryl methyl sites for hydroxylation is 2. The molecule has 0 unspecified atom stereocenters. The van der Waals surface area contributed by atoms with Gasteiger partial charge < -0.3 is 9.88 Å². The van der Waals surface area contributed by atoms with E-state index in [9.17, 15) is 9.00 Å². The van der Waals surface area contributed by atoms with E-state index in [4.69, 9.17) is 0 Å². The van der Waals surface area contributed by atoms with Gasteiger partial charge in [-0.1, -0.05) is 0 Å². The highest BCUT2D eigenvalue weighted by atomic mass is 32.2. The van der Waals surface area contributed by atoms with Gasteiger partial charge in [-0.05, 0) is 44.4 Å². The van der Waals surface area contributed by atoms with Crippen LogP contribution in [0.25, 0.3) is 5.00 Å². The van der Waals surface area contributed by atoms with Crippen LogP contribution in [0.1, 0.15) is 28.7 Å². The van der Waals surface area contributed by atoms with Crippen LogP contribution in [-0.2, 0) is 10.8 Å². The number of nitrogens with zero attached hydrogens (tertiary/aromatic N) is 1. The topological polar surface area (TPSA) is 51.1 Å². The highest BCUT2D eigenvalue weighted by Gasteiger charge is 2.17. The zero-order valence-electron chi connectivity index (χ0n) is 12.7. The Hall–Kier alpha value is -1.40. The standard InChI is InChI=1S/C15H20N2O2S2/c1-10-5-6-11(2)17(10)15-13(7-8-20-15)14(18)16-9-12(3)21(4)19/h5-8,12H,9H2,1-4H3,(H,16,18)/t12-,21+/m0/s1. The van der Waals surface area contributed by atoms with Gasteiger partial charge in [0.1, 0.15) is 5.00 Å². The van der Waals surface area contributed by atoms with E-state index in [1.54, 1.807) is 17.6 Å². The first-order chi connectivity index (χ1) is 9.91. The van der Waals surface area contributed by atoms with Gasteiger partial charge in [0.05, 0.1) is 5.56 Å². The molecule has 1 N–H and O–H groups in total. The summed E-state index contributed by atoms with van der Waals surface area (Å²) < 4.78 is 13.4. The number of carbonyl (C=O) groups excluding carboxylic acids is 1. The number of amides is 1. The molecule has 21 heavy (non-hydrogen) atoms. The molecule has 0 spiro atoms. The summed E-state index contributed by atoms with van der Waals surface area (Å²) in [4.78, 5) is 12.4. The fraction of sp³-hybridized carbons (Fsp3) is 0.400. The summed E-state index contributed by atoms with van der Waals surface area (Å²) in [5.41, 5.74) is 2.87. The molecule has 0 aromatic carbocycles. The van der Waals surface area contributed by atoms with E-state index in [1.165, 1.54) is 0 Å². The van der Waals surface area contributed by atoms with Gasteiger partial charge in [-0.2, -0.15) is 0 Å². The van der Waals surface area contributed by atoms with E-state index in [1.807, 2.05) is 44.4 Å². The molecule has 2 aromatic heterocycles. The van der Waals surface area contributed by atoms with Crippen LogP contribution in [0.15, 0.2) is 23.6 Å². The minimum atomic E-state index is -0.933. The van der Waals surface area contributed by atoms with Crippen molar-refractivity contribution in [1.82, 2.24) is 9.88 Å². The molecule has 2 rings (SSSR count). The molecule has 0 aliphatic heterocycles. The van der Waals surface area contributed by atoms with Crippen molar-refractivity contribution < 1.29 is 9.00 Å². The molecule has 2 atom stereocenters.